The molecule has 0 aromatic rings. The molecule has 0 radical (unpaired) electrons. The first-order valence-electron chi connectivity index (χ1n) is 4.42. The fourth-order valence-electron chi connectivity index (χ4n) is 0.801. The maximum absolute atomic E-state index is 11.1. The molecule has 0 spiro atoms. The predicted octanol–water partition coefficient (Wildman–Crippen LogP) is 3.06. The summed E-state index contributed by atoms with van der Waals surface area (Å²) in [5, 5.41) is 0. The predicted molar refractivity (Wildman–Crippen MR) is 58.0 cm³/mol. The van der Waals surface area contributed by atoms with E-state index >= 15 is 0 Å². The van der Waals surface area contributed by atoms with Crippen LogP contribution in [-0.4, -0.2) is 16.9 Å². The minimum Gasteiger partial charge on any atom is -0.462 e. The number of rotatable bonds is 5. The molecule has 2 atom stereocenters. The summed E-state index contributed by atoms with van der Waals surface area (Å²) in [5.41, 5.74) is 1.12. The highest BCUT2D eigenvalue weighted by Crippen LogP contribution is 2.10. The molecular formula is C10H17BrO2. The van der Waals surface area contributed by atoms with Gasteiger partial charge in [0, 0.05) is 0 Å². The van der Waals surface area contributed by atoms with Crippen LogP contribution < -0.4 is 0 Å². The Morgan fingerprint density at radius 3 is 2.46 bits per heavy atom. The second kappa shape index (κ2) is 6.19. The molecule has 0 amide bonds. The maximum atomic E-state index is 11.1. The molecule has 0 saturated heterocycles. The summed E-state index contributed by atoms with van der Waals surface area (Å²) in [4.78, 5) is 10.9. The van der Waals surface area contributed by atoms with Crippen LogP contribution in [0.25, 0.3) is 0 Å². The summed E-state index contributed by atoms with van der Waals surface area (Å²) >= 11 is 3.16. The van der Waals surface area contributed by atoms with E-state index in [0.717, 1.165) is 18.4 Å². The second-order valence-electron chi connectivity index (χ2n) is 3.36. The van der Waals surface area contributed by atoms with E-state index in [0.29, 0.717) is 0 Å². The summed E-state index contributed by atoms with van der Waals surface area (Å²) in [6.07, 6.45) is 1.73. The number of ether oxygens (including phenoxy) is 1. The van der Waals surface area contributed by atoms with Crippen LogP contribution in [0.15, 0.2) is 12.2 Å². The lowest BCUT2D eigenvalue weighted by Crippen LogP contribution is -2.20. The van der Waals surface area contributed by atoms with E-state index in [4.69, 9.17) is 4.74 Å². The lowest BCUT2D eigenvalue weighted by Gasteiger charge is -2.13. The zero-order valence-corrected chi connectivity index (χ0v) is 10.1. The lowest BCUT2D eigenvalue weighted by molar-refractivity contribution is -0.147. The Morgan fingerprint density at radius 2 is 2.08 bits per heavy atom. The number of esters is 1. The third kappa shape index (κ3) is 6.82. The molecule has 2 nitrogen and oxygen atoms in total. The summed E-state index contributed by atoms with van der Waals surface area (Å²) in [5.74, 6) is -0.200. The van der Waals surface area contributed by atoms with Crippen LogP contribution in [0.5, 0.6) is 0 Å². The van der Waals surface area contributed by atoms with E-state index in [-0.39, 0.29) is 16.9 Å². The van der Waals surface area contributed by atoms with Crippen molar-refractivity contribution in [1.82, 2.24) is 0 Å². The Kier molecular flexibility index (Phi) is 6.04. The Balaban J connectivity index is 3.68. The molecule has 76 valence electrons. The van der Waals surface area contributed by atoms with E-state index in [1.54, 1.807) is 6.92 Å². The zero-order chi connectivity index (χ0) is 10.4. The monoisotopic (exact) mass is 248 g/mol. The molecule has 0 aromatic carbocycles. The van der Waals surface area contributed by atoms with Crippen LogP contribution in [0.3, 0.4) is 0 Å². The highest BCUT2D eigenvalue weighted by atomic mass is 79.9. The van der Waals surface area contributed by atoms with E-state index in [9.17, 15) is 4.79 Å². The fraction of sp³-hybridized carbons (Fsp3) is 0.700. The number of allylic oxidation sites excluding steroid dienone is 1. The fourth-order valence-corrected chi connectivity index (χ4v) is 0.909. The smallest absolute Gasteiger partial charge is 0.319 e. The van der Waals surface area contributed by atoms with Gasteiger partial charge in [-0.25, -0.2) is 0 Å². The molecule has 0 aliphatic rings. The van der Waals surface area contributed by atoms with Gasteiger partial charge in [-0.05, 0) is 33.6 Å². The first kappa shape index (κ1) is 12.7. The van der Waals surface area contributed by atoms with Gasteiger partial charge in [0.2, 0.25) is 0 Å². The number of halogens is 1. The minimum atomic E-state index is -0.222. The van der Waals surface area contributed by atoms with Crippen LogP contribution in [0.4, 0.5) is 0 Å². The topological polar surface area (TPSA) is 26.3 Å². The van der Waals surface area contributed by atoms with Gasteiger partial charge in [-0.2, -0.15) is 0 Å². The maximum Gasteiger partial charge on any atom is 0.319 e. The molecule has 0 heterocycles. The molecular weight excluding hydrogens is 232 g/mol. The van der Waals surface area contributed by atoms with Gasteiger partial charge in [-0.3, -0.25) is 4.79 Å². The number of alkyl halides is 1. The number of carbonyl (C=O) groups excluding carboxylic acids is 1. The molecule has 13 heavy (non-hydrogen) atoms. The van der Waals surface area contributed by atoms with Crippen LogP contribution in [0.2, 0.25) is 0 Å². The summed E-state index contributed by atoms with van der Waals surface area (Å²) in [6.45, 7) is 9.42. The normalized spacial score (nSPS) is 14.8. The van der Waals surface area contributed by atoms with Crippen LogP contribution >= 0.6 is 15.9 Å². The van der Waals surface area contributed by atoms with Gasteiger partial charge in [0.15, 0.2) is 0 Å². The van der Waals surface area contributed by atoms with E-state index in [1.165, 1.54) is 0 Å². The van der Waals surface area contributed by atoms with Gasteiger partial charge in [-0.15, -0.1) is 6.58 Å². The quantitative estimate of drug-likeness (QED) is 0.425. The molecule has 0 aliphatic heterocycles. The second-order valence-corrected chi connectivity index (χ2v) is 4.73. The van der Waals surface area contributed by atoms with Crippen molar-refractivity contribution in [1.29, 1.82) is 0 Å². The summed E-state index contributed by atoms with van der Waals surface area (Å²) in [7, 11) is 0. The number of carbonyl (C=O) groups is 1. The highest BCUT2D eigenvalue weighted by Gasteiger charge is 2.13. The van der Waals surface area contributed by atoms with Crippen LogP contribution in [0, 0.1) is 0 Å². The van der Waals surface area contributed by atoms with E-state index in [1.807, 2.05) is 13.8 Å². The van der Waals surface area contributed by atoms with Crippen molar-refractivity contribution >= 4 is 21.9 Å². The third-order valence-corrected chi connectivity index (χ3v) is 1.99. The Labute approximate surface area is 88.5 Å². The molecule has 0 saturated carbocycles. The third-order valence-electron chi connectivity index (χ3n) is 1.62. The molecule has 0 fully saturated rings. The van der Waals surface area contributed by atoms with Gasteiger partial charge >= 0.3 is 5.97 Å². The van der Waals surface area contributed by atoms with Crippen molar-refractivity contribution in [2.45, 2.75) is 44.5 Å². The van der Waals surface area contributed by atoms with Crippen molar-refractivity contribution in [3.63, 3.8) is 0 Å². The van der Waals surface area contributed by atoms with Gasteiger partial charge in [0.25, 0.3) is 0 Å². The average Bonchev–Trinajstić information content (AvgIpc) is 2.00. The Hall–Kier alpha value is -0.310. The summed E-state index contributed by atoms with van der Waals surface area (Å²) in [6, 6.07) is 0. The molecule has 2 unspecified atom stereocenters. The molecule has 0 bridgehead atoms. The molecule has 0 aliphatic carbocycles. The largest absolute Gasteiger partial charge is 0.462 e. The van der Waals surface area contributed by atoms with Crippen molar-refractivity contribution in [3.05, 3.63) is 12.2 Å². The zero-order valence-electron chi connectivity index (χ0n) is 8.47. The SMILES string of the molecule is C=C(C)CCC(C)OC(=O)C(C)Br. The standard InChI is InChI=1S/C10H17BrO2/c1-7(2)5-6-8(3)13-10(12)9(4)11/h8-9H,1,5-6H2,2-4H3. The van der Waals surface area contributed by atoms with Crippen LogP contribution in [-0.2, 0) is 9.53 Å². The number of hydrogen-bond donors (Lipinski definition) is 0. The van der Waals surface area contributed by atoms with Crippen molar-refractivity contribution in [3.8, 4) is 0 Å². The first-order valence-corrected chi connectivity index (χ1v) is 5.34. The van der Waals surface area contributed by atoms with Gasteiger partial charge in [0.1, 0.15) is 4.83 Å². The van der Waals surface area contributed by atoms with Gasteiger partial charge < -0.3 is 4.74 Å². The van der Waals surface area contributed by atoms with Crippen molar-refractivity contribution < 1.29 is 9.53 Å². The van der Waals surface area contributed by atoms with Gasteiger partial charge in [-0.1, -0.05) is 21.5 Å². The minimum absolute atomic E-state index is 0.0239. The van der Waals surface area contributed by atoms with Gasteiger partial charge in [0.05, 0.1) is 6.10 Å². The van der Waals surface area contributed by atoms with Crippen molar-refractivity contribution in [2.24, 2.45) is 0 Å². The lowest BCUT2D eigenvalue weighted by atomic mass is 10.1. The van der Waals surface area contributed by atoms with E-state index in [2.05, 4.69) is 22.5 Å². The first-order chi connectivity index (χ1) is 5.93. The summed E-state index contributed by atoms with van der Waals surface area (Å²) < 4.78 is 5.14. The molecule has 0 aromatic heterocycles. The van der Waals surface area contributed by atoms with Crippen LogP contribution in [0.1, 0.15) is 33.6 Å². The Bertz CT molecular complexity index is 187. The van der Waals surface area contributed by atoms with E-state index < -0.39 is 0 Å². The number of hydrogen-bond acceptors (Lipinski definition) is 2. The molecule has 0 N–H and O–H groups in total. The highest BCUT2D eigenvalue weighted by molar-refractivity contribution is 9.10. The van der Waals surface area contributed by atoms with Crippen molar-refractivity contribution in [2.75, 3.05) is 0 Å². The molecule has 3 heteroatoms. The molecule has 0 rings (SSSR count). The average molecular weight is 249 g/mol. The Morgan fingerprint density at radius 1 is 1.54 bits per heavy atom.